The Morgan fingerprint density at radius 3 is 2.71 bits per heavy atom. The maximum Gasteiger partial charge on any atom is 0.307 e. The quantitative estimate of drug-likeness (QED) is 0.459. The van der Waals surface area contributed by atoms with Crippen molar-refractivity contribution >= 4 is 17.0 Å². The lowest BCUT2D eigenvalue weighted by molar-refractivity contribution is -0.152. The van der Waals surface area contributed by atoms with Gasteiger partial charge in [-0.05, 0) is 55.9 Å². The van der Waals surface area contributed by atoms with Crippen LogP contribution in [0.25, 0.3) is 28.2 Å². The number of aliphatic carboxylic acids is 1. The van der Waals surface area contributed by atoms with Crippen molar-refractivity contribution in [2.45, 2.75) is 32.1 Å². The lowest BCUT2D eigenvalue weighted by Crippen LogP contribution is -2.45. The fourth-order valence-electron chi connectivity index (χ4n) is 5.93. The number of nitrogens with one attached hydrogen (secondary N) is 1. The lowest BCUT2D eigenvalue weighted by Gasteiger charge is -2.46. The van der Waals surface area contributed by atoms with E-state index in [1.54, 1.807) is 12.4 Å². The number of aromatic amines is 1. The summed E-state index contributed by atoms with van der Waals surface area (Å²) in [5, 5.41) is 10.4. The van der Waals surface area contributed by atoms with Crippen LogP contribution >= 0.6 is 0 Å². The summed E-state index contributed by atoms with van der Waals surface area (Å²) in [5.41, 5.74) is 1.12. The van der Waals surface area contributed by atoms with E-state index in [1.165, 1.54) is 23.2 Å². The van der Waals surface area contributed by atoms with Crippen molar-refractivity contribution in [3.8, 4) is 17.2 Å². The largest absolute Gasteiger partial charge is 0.481 e. The Labute approximate surface area is 193 Å². The van der Waals surface area contributed by atoms with Gasteiger partial charge in [-0.25, -0.2) is 28.7 Å². The van der Waals surface area contributed by atoms with Crippen molar-refractivity contribution in [3.05, 3.63) is 54.5 Å². The first-order valence-electron chi connectivity index (χ1n) is 11.4. The van der Waals surface area contributed by atoms with Crippen molar-refractivity contribution in [2.75, 3.05) is 0 Å². The average Bonchev–Trinajstić information content (AvgIpc) is 3.51. The molecule has 4 aromatic heterocycles. The highest BCUT2D eigenvalue weighted by molar-refractivity contribution is 5.91. The normalized spacial score (nSPS) is 24.1. The number of hydrogen-bond donors (Lipinski definition) is 2. The number of carboxylic acid groups (broad SMARTS) is 1. The van der Waals surface area contributed by atoms with Crippen LogP contribution in [0.2, 0.25) is 0 Å². The number of carboxylic acids is 1. The van der Waals surface area contributed by atoms with E-state index in [-0.39, 0.29) is 41.5 Å². The molecule has 0 spiro atoms. The second kappa shape index (κ2) is 7.96. The molecule has 174 valence electrons. The first-order chi connectivity index (χ1) is 16.5. The molecule has 0 aromatic carbocycles. The summed E-state index contributed by atoms with van der Waals surface area (Å²) < 4.78 is 31.1. The molecule has 8 nitrogen and oxygen atoms in total. The summed E-state index contributed by atoms with van der Waals surface area (Å²) in [4.78, 5) is 32.2. The van der Waals surface area contributed by atoms with E-state index in [2.05, 4.69) is 24.9 Å². The average molecular weight is 464 g/mol. The molecule has 3 saturated carbocycles. The molecule has 0 radical (unpaired) electrons. The SMILES string of the molecule is O=C(O)[C@H]1C2CCC(CC2)[C@@H]1Cc1nc(-c2c[nH]c3ncc(F)cc23)nc(-n2ccnc2)c1F. The van der Waals surface area contributed by atoms with Crippen LogP contribution < -0.4 is 0 Å². The smallest absolute Gasteiger partial charge is 0.307 e. The van der Waals surface area contributed by atoms with E-state index in [4.69, 9.17) is 0 Å². The molecule has 3 fully saturated rings. The molecule has 10 heteroatoms. The van der Waals surface area contributed by atoms with Crippen LogP contribution in [0.4, 0.5) is 8.78 Å². The summed E-state index contributed by atoms with van der Waals surface area (Å²) in [5.74, 6) is -2.05. The summed E-state index contributed by atoms with van der Waals surface area (Å²) in [6.07, 6.45) is 11.2. The zero-order chi connectivity index (χ0) is 23.4. The van der Waals surface area contributed by atoms with E-state index < -0.39 is 23.5 Å². The van der Waals surface area contributed by atoms with Gasteiger partial charge in [0, 0.05) is 29.5 Å². The Kier molecular flexibility index (Phi) is 4.89. The number of nitrogens with zero attached hydrogens (tertiary/aromatic N) is 5. The van der Waals surface area contributed by atoms with Crippen LogP contribution in [-0.2, 0) is 11.2 Å². The lowest BCUT2D eigenvalue weighted by atomic mass is 9.57. The van der Waals surface area contributed by atoms with Crippen LogP contribution in [-0.4, -0.2) is 40.6 Å². The molecule has 4 heterocycles. The van der Waals surface area contributed by atoms with Gasteiger partial charge in [0.2, 0.25) is 0 Å². The molecule has 0 amide bonds. The molecule has 2 N–H and O–H groups in total. The minimum atomic E-state index is -0.818. The highest BCUT2D eigenvalue weighted by Gasteiger charge is 2.47. The van der Waals surface area contributed by atoms with Crippen LogP contribution in [0.5, 0.6) is 0 Å². The third-order valence-electron chi connectivity index (χ3n) is 7.50. The maximum atomic E-state index is 15.8. The first-order valence-corrected chi connectivity index (χ1v) is 11.4. The summed E-state index contributed by atoms with van der Waals surface area (Å²) in [7, 11) is 0. The van der Waals surface area contributed by atoms with Crippen molar-refractivity contribution in [2.24, 2.45) is 23.7 Å². The van der Waals surface area contributed by atoms with Gasteiger partial charge in [0.05, 0.1) is 17.8 Å². The first kappa shape index (κ1) is 20.9. The van der Waals surface area contributed by atoms with Crippen LogP contribution in [0.3, 0.4) is 0 Å². The Hall–Kier alpha value is -3.69. The van der Waals surface area contributed by atoms with Gasteiger partial charge in [0.25, 0.3) is 0 Å². The monoisotopic (exact) mass is 464 g/mol. The van der Waals surface area contributed by atoms with Crippen LogP contribution in [0, 0.1) is 35.3 Å². The topological polar surface area (TPSA) is 110 Å². The van der Waals surface area contributed by atoms with E-state index >= 15 is 4.39 Å². The van der Waals surface area contributed by atoms with Gasteiger partial charge in [-0.1, -0.05) is 0 Å². The Morgan fingerprint density at radius 1 is 1.18 bits per heavy atom. The van der Waals surface area contributed by atoms with Gasteiger partial charge in [-0.3, -0.25) is 9.36 Å². The van der Waals surface area contributed by atoms with Crippen molar-refractivity contribution in [3.63, 3.8) is 0 Å². The van der Waals surface area contributed by atoms with Crippen molar-refractivity contribution < 1.29 is 18.7 Å². The number of carbonyl (C=O) groups is 1. The van der Waals surface area contributed by atoms with Gasteiger partial charge in [0.1, 0.15) is 17.8 Å². The van der Waals surface area contributed by atoms with E-state index in [9.17, 15) is 14.3 Å². The molecule has 3 aliphatic rings. The van der Waals surface area contributed by atoms with Crippen molar-refractivity contribution in [1.82, 2.24) is 29.5 Å². The maximum absolute atomic E-state index is 15.8. The highest BCUT2D eigenvalue weighted by atomic mass is 19.1. The van der Waals surface area contributed by atoms with E-state index in [0.29, 0.717) is 16.6 Å². The predicted molar refractivity (Wildman–Crippen MR) is 118 cm³/mol. The molecule has 0 unspecified atom stereocenters. The number of imidazole rings is 1. The van der Waals surface area contributed by atoms with E-state index in [0.717, 1.165) is 31.9 Å². The van der Waals surface area contributed by atoms with Gasteiger partial charge in [-0.15, -0.1) is 0 Å². The predicted octanol–water partition coefficient (Wildman–Crippen LogP) is 4.16. The number of aromatic nitrogens is 6. The van der Waals surface area contributed by atoms with Gasteiger partial charge >= 0.3 is 5.97 Å². The van der Waals surface area contributed by atoms with Crippen molar-refractivity contribution in [1.29, 1.82) is 0 Å². The number of hydrogen-bond acceptors (Lipinski definition) is 5. The highest BCUT2D eigenvalue weighted by Crippen LogP contribution is 2.50. The molecule has 4 aromatic rings. The van der Waals surface area contributed by atoms with Crippen LogP contribution in [0.15, 0.2) is 37.2 Å². The zero-order valence-corrected chi connectivity index (χ0v) is 18.2. The molecule has 2 atom stereocenters. The molecule has 7 rings (SSSR count). The Morgan fingerprint density at radius 2 is 1.97 bits per heavy atom. The molecular formula is C24H22F2N6O2. The molecule has 2 bridgehead atoms. The number of pyridine rings is 1. The standard InChI is InChI=1S/C24H22F2N6O2/c25-14-7-16-17(10-29-21(16)28-9-14)22-30-18(20(26)23(31-22)32-6-5-27-11-32)8-15-12-1-3-13(4-2-12)19(15)24(33)34/h5-7,9-13,15,19H,1-4,8H2,(H,28,29)(H,33,34)/t12?,13?,15-,19-/m0/s1. The fourth-order valence-corrected chi connectivity index (χ4v) is 5.93. The minimum absolute atomic E-state index is 0.0176. The third-order valence-corrected chi connectivity index (χ3v) is 7.50. The Balaban J connectivity index is 1.49. The zero-order valence-electron chi connectivity index (χ0n) is 18.2. The summed E-state index contributed by atoms with van der Waals surface area (Å²) >= 11 is 0. The number of fused-ring (bicyclic) bond motifs is 4. The second-order valence-corrected chi connectivity index (χ2v) is 9.26. The van der Waals surface area contributed by atoms with Gasteiger partial charge in [-0.2, -0.15) is 0 Å². The number of halogens is 2. The molecule has 0 aliphatic heterocycles. The molecule has 3 aliphatic carbocycles. The molecule has 34 heavy (non-hydrogen) atoms. The summed E-state index contributed by atoms with van der Waals surface area (Å²) in [6, 6.07) is 1.33. The number of H-pyrrole nitrogens is 1. The Bertz CT molecular complexity index is 1380. The summed E-state index contributed by atoms with van der Waals surface area (Å²) in [6.45, 7) is 0. The second-order valence-electron chi connectivity index (χ2n) is 9.26. The molecular weight excluding hydrogens is 442 g/mol. The van der Waals surface area contributed by atoms with Gasteiger partial charge in [0.15, 0.2) is 17.5 Å². The van der Waals surface area contributed by atoms with Gasteiger partial charge < -0.3 is 10.1 Å². The number of rotatable bonds is 5. The minimum Gasteiger partial charge on any atom is -0.481 e. The fraction of sp³-hybridized carbons (Fsp3) is 0.375. The third kappa shape index (κ3) is 3.36. The van der Waals surface area contributed by atoms with Crippen LogP contribution in [0.1, 0.15) is 31.4 Å². The van der Waals surface area contributed by atoms with E-state index in [1.807, 2.05) is 0 Å². The molecule has 0 saturated heterocycles.